The van der Waals surface area contributed by atoms with Crippen molar-refractivity contribution >= 4 is 0 Å². The van der Waals surface area contributed by atoms with Gasteiger partial charge < -0.3 is 4.98 Å². The first-order valence-electron chi connectivity index (χ1n) is 6.04. The second-order valence-corrected chi connectivity index (χ2v) is 4.44. The van der Waals surface area contributed by atoms with E-state index in [-0.39, 0.29) is 11.1 Å². The predicted molar refractivity (Wildman–Crippen MR) is 71.8 cm³/mol. The summed E-state index contributed by atoms with van der Waals surface area (Å²) in [5.41, 5.74) is -0.0166. The van der Waals surface area contributed by atoms with Gasteiger partial charge in [-0.25, -0.2) is 4.98 Å². The summed E-state index contributed by atoms with van der Waals surface area (Å²) in [7, 11) is 0. The summed E-state index contributed by atoms with van der Waals surface area (Å²) in [5.74, 6) is 5.79. The van der Waals surface area contributed by atoms with E-state index >= 15 is 0 Å². The zero-order valence-electron chi connectivity index (χ0n) is 11.3. The number of rotatable bonds is 0. The van der Waals surface area contributed by atoms with Crippen LogP contribution in [-0.4, -0.2) is 9.97 Å². The molecule has 21 heavy (non-hydrogen) atoms. The number of hydrogen-bond donors (Lipinski definition) is 1. The van der Waals surface area contributed by atoms with Gasteiger partial charge in [-0.15, -0.1) is 0 Å². The lowest BCUT2D eigenvalue weighted by Gasteiger charge is -2.05. The Hall–Kier alpha value is -2.55. The topological polar surface area (TPSA) is 45.8 Å². The number of alkyl halides is 3. The third-order valence-corrected chi connectivity index (χ3v) is 2.76. The standard InChI is InChI=1S/C15H11F3N2O/c1-9-13(14(21)20-10(2)19-9)8-5-11-3-6-12(7-4-11)15(16,17)18/h3-4,6-7H,1-2H3,(H,19,20,21). The quantitative estimate of drug-likeness (QED) is 0.759. The fourth-order valence-electron chi connectivity index (χ4n) is 1.75. The summed E-state index contributed by atoms with van der Waals surface area (Å²) in [4.78, 5) is 18.3. The third-order valence-electron chi connectivity index (χ3n) is 2.76. The highest BCUT2D eigenvalue weighted by molar-refractivity contribution is 5.44. The Morgan fingerprint density at radius 2 is 1.71 bits per heavy atom. The number of aromatic nitrogens is 2. The van der Waals surface area contributed by atoms with Crippen molar-refractivity contribution in [1.82, 2.24) is 9.97 Å². The van der Waals surface area contributed by atoms with Crippen LogP contribution in [0.1, 0.15) is 28.2 Å². The van der Waals surface area contributed by atoms with Crippen molar-refractivity contribution in [2.24, 2.45) is 0 Å². The van der Waals surface area contributed by atoms with Gasteiger partial charge in [-0.2, -0.15) is 13.2 Å². The van der Waals surface area contributed by atoms with Gasteiger partial charge in [0.2, 0.25) is 0 Å². The Balaban J connectivity index is 2.34. The van der Waals surface area contributed by atoms with Gasteiger partial charge in [0.15, 0.2) is 0 Å². The van der Waals surface area contributed by atoms with E-state index in [0.717, 1.165) is 12.1 Å². The summed E-state index contributed by atoms with van der Waals surface area (Å²) < 4.78 is 37.3. The Morgan fingerprint density at radius 3 is 2.24 bits per heavy atom. The highest BCUT2D eigenvalue weighted by Crippen LogP contribution is 2.28. The maximum Gasteiger partial charge on any atom is 0.416 e. The van der Waals surface area contributed by atoms with Gasteiger partial charge in [-0.05, 0) is 38.1 Å². The van der Waals surface area contributed by atoms with Crippen LogP contribution in [-0.2, 0) is 6.18 Å². The number of benzene rings is 1. The molecule has 0 spiro atoms. The van der Waals surface area contributed by atoms with Crippen molar-refractivity contribution in [3.8, 4) is 11.8 Å². The number of aryl methyl sites for hydroxylation is 2. The molecule has 0 radical (unpaired) electrons. The maximum absolute atomic E-state index is 12.4. The molecule has 1 aromatic heterocycles. The molecule has 0 unspecified atom stereocenters. The van der Waals surface area contributed by atoms with E-state index in [1.165, 1.54) is 12.1 Å². The molecule has 0 fully saturated rings. The maximum atomic E-state index is 12.4. The van der Waals surface area contributed by atoms with E-state index in [0.29, 0.717) is 17.1 Å². The van der Waals surface area contributed by atoms with Gasteiger partial charge in [0.1, 0.15) is 11.4 Å². The minimum Gasteiger partial charge on any atom is -0.310 e. The molecule has 0 aliphatic carbocycles. The van der Waals surface area contributed by atoms with Crippen LogP contribution < -0.4 is 5.56 Å². The Bertz CT molecular complexity index is 778. The first-order chi connectivity index (χ1) is 9.77. The first kappa shape index (κ1) is 14.9. The highest BCUT2D eigenvalue weighted by Gasteiger charge is 2.29. The number of H-pyrrole nitrogens is 1. The highest BCUT2D eigenvalue weighted by atomic mass is 19.4. The molecule has 108 valence electrons. The third kappa shape index (κ3) is 3.51. The Morgan fingerprint density at radius 1 is 1.10 bits per heavy atom. The van der Waals surface area contributed by atoms with E-state index in [1.807, 2.05) is 0 Å². The van der Waals surface area contributed by atoms with E-state index in [1.54, 1.807) is 13.8 Å². The van der Waals surface area contributed by atoms with Crippen molar-refractivity contribution < 1.29 is 13.2 Å². The summed E-state index contributed by atoms with van der Waals surface area (Å²) in [5, 5.41) is 0. The molecule has 0 amide bonds. The van der Waals surface area contributed by atoms with E-state index < -0.39 is 11.7 Å². The van der Waals surface area contributed by atoms with Crippen LogP contribution in [0.15, 0.2) is 29.1 Å². The number of aromatic amines is 1. The molecule has 0 aliphatic rings. The van der Waals surface area contributed by atoms with Gasteiger partial charge in [-0.3, -0.25) is 4.79 Å². The van der Waals surface area contributed by atoms with Crippen LogP contribution in [0.5, 0.6) is 0 Å². The van der Waals surface area contributed by atoms with Crippen molar-refractivity contribution in [1.29, 1.82) is 0 Å². The average molecular weight is 292 g/mol. The first-order valence-corrected chi connectivity index (χ1v) is 6.04. The molecule has 2 rings (SSSR count). The van der Waals surface area contributed by atoms with Gasteiger partial charge in [0.05, 0.1) is 11.3 Å². The molecule has 0 bridgehead atoms. The van der Waals surface area contributed by atoms with Crippen LogP contribution in [0.25, 0.3) is 0 Å². The lowest BCUT2D eigenvalue weighted by atomic mass is 10.1. The van der Waals surface area contributed by atoms with Crippen molar-refractivity contribution in [3.63, 3.8) is 0 Å². The molecule has 3 nitrogen and oxygen atoms in total. The van der Waals surface area contributed by atoms with Gasteiger partial charge in [-0.1, -0.05) is 11.8 Å². The molecule has 0 saturated heterocycles. The Labute approximate surface area is 118 Å². The number of hydrogen-bond acceptors (Lipinski definition) is 2. The zero-order valence-corrected chi connectivity index (χ0v) is 11.3. The van der Waals surface area contributed by atoms with E-state index in [2.05, 4.69) is 21.8 Å². The summed E-state index contributed by atoms with van der Waals surface area (Å²) in [6.45, 7) is 3.31. The zero-order chi connectivity index (χ0) is 15.6. The van der Waals surface area contributed by atoms with Crippen LogP contribution in [0.2, 0.25) is 0 Å². The largest absolute Gasteiger partial charge is 0.416 e. The molecule has 1 N–H and O–H groups in total. The monoisotopic (exact) mass is 292 g/mol. The average Bonchev–Trinajstić information content (AvgIpc) is 2.37. The summed E-state index contributed by atoms with van der Waals surface area (Å²) in [6.07, 6.45) is -4.37. The molecule has 1 aromatic carbocycles. The molecule has 0 aliphatic heterocycles. The van der Waals surface area contributed by atoms with Crippen molar-refractivity contribution in [2.75, 3.05) is 0 Å². The summed E-state index contributed by atoms with van der Waals surface area (Å²) >= 11 is 0. The van der Waals surface area contributed by atoms with Crippen LogP contribution in [0.3, 0.4) is 0 Å². The number of nitrogens with zero attached hydrogens (tertiary/aromatic N) is 1. The SMILES string of the molecule is Cc1nc(C)c(C#Cc2ccc(C(F)(F)F)cc2)c(=O)[nH]1. The second-order valence-electron chi connectivity index (χ2n) is 4.44. The molecule has 6 heteroatoms. The molecule has 0 atom stereocenters. The molecular weight excluding hydrogens is 281 g/mol. The summed E-state index contributed by atoms with van der Waals surface area (Å²) in [6, 6.07) is 4.44. The predicted octanol–water partition coefficient (Wildman–Crippen LogP) is 2.81. The van der Waals surface area contributed by atoms with Gasteiger partial charge in [0, 0.05) is 5.56 Å². The van der Waals surface area contributed by atoms with Crippen molar-refractivity contribution in [3.05, 3.63) is 62.8 Å². The molecule has 2 aromatic rings. The van der Waals surface area contributed by atoms with Crippen LogP contribution in [0.4, 0.5) is 13.2 Å². The lowest BCUT2D eigenvalue weighted by molar-refractivity contribution is -0.137. The Kier molecular flexibility index (Phi) is 3.85. The van der Waals surface area contributed by atoms with Crippen LogP contribution in [0, 0.1) is 25.7 Å². The number of nitrogens with one attached hydrogen (secondary N) is 1. The normalized spacial score (nSPS) is 10.9. The molecular formula is C15H11F3N2O. The fraction of sp³-hybridized carbons (Fsp3) is 0.200. The second kappa shape index (κ2) is 5.44. The molecule has 0 saturated carbocycles. The number of halogens is 3. The minimum absolute atomic E-state index is 0.209. The smallest absolute Gasteiger partial charge is 0.310 e. The van der Waals surface area contributed by atoms with E-state index in [9.17, 15) is 18.0 Å². The molecule has 1 heterocycles. The minimum atomic E-state index is -4.37. The van der Waals surface area contributed by atoms with Gasteiger partial charge in [0.25, 0.3) is 5.56 Å². The lowest BCUT2D eigenvalue weighted by Crippen LogP contribution is -2.15. The van der Waals surface area contributed by atoms with Crippen LogP contribution >= 0.6 is 0 Å². The van der Waals surface area contributed by atoms with Gasteiger partial charge >= 0.3 is 6.18 Å². The van der Waals surface area contributed by atoms with Crippen molar-refractivity contribution in [2.45, 2.75) is 20.0 Å². The fourth-order valence-corrected chi connectivity index (χ4v) is 1.75. The van der Waals surface area contributed by atoms with E-state index in [4.69, 9.17) is 0 Å².